The number of aliphatic hydroxyl groups excluding tert-OH is 1. The molecule has 1 saturated heterocycles. The molecule has 1 aromatic rings. The summed E-state index contributed by atoms with van der Waals surface area (Å²) in [6, 6.07) is 10.0. The molecule has 23 heavy (non-hydrogen) atoms. The van der Waals surface area contributed by atoms with Crippen LogP contribution >= 0.6 is 0 Å². The van der Waals surface area contributed by atoms with Crippen LogP contribution in [-0.4, -0.2) is 62.0 Å². The number of aliphatic imine (C=N–C) groups is 1. The van der Waals surface area contributed by atoms with Crippen LogP contribution in [0.25, 0.3) is 0 Å². The van der Waals surface area contributed by atoms with E-state index in [1.165, 1.54) is 0 Å². The predicted octanol–water partition coefficient (Wildman–Crippen LogP) is 1.52. The van der Waals surface area contributed by atoms with Crippen LogP contribution in [0.15, 0.2) is 35.3 Å². The van der Waals surface area contributed by atoms with E-state index in [0.717, 1.165) is 44.2 Å². The highest BCUT2D eigenvalue weighted by Gasteiger charge is 2.19. The second kappa shape index (κ2) is 9.53. The Bertz CT molecular complexity index is 472. The third-order valence-corrected chi connectivity index (χ3v) is 4.02. The van der Waals surface area contributed by atoms with Gasteiger partial charge < -0.3 is 20.1 Å². The monoisotopic (exact) mass is 319 g/mol. The summed E-state index contributed by atoms with van der Waals surface area (Å²) in [6.07, 6.45) is 1.28. The molecule has 5 nitrogen and oxygen atoms in total. The van der Waals surface area contributed by atoms with E-state index in [2.05, 4.69) is 22.1 Å². The third kappa shape index (κ3) is 6.20. The molecule has 2 unspecified atom stereocenters. The van der Waals surface area contributed by atoms with E-state index in [9.17, 15) is 5.11 Å². The van der Waals surface area contributed by atoms with Gasteiger partial charge in [0.15, 0.2) is 5.96 Å². The number of hydrogen-bond acceptors (Lipinski definition) is 3. The standard InChI is InChI=1S/C18H29N3O2/c1-3-19-18(21(2)13-16-9-10-23-14-16)20-12-17(22)11-15-7-5-4-6-8-15/h4-8,16-17,22H,3,9-14H2,1-2H3,(H,19,20). The molecule has 1 aromatic carbocycles. The van der Waals surface area contributed by atoms with E-state index in [1.807, 2.05) is 37.4 Å². The van der Waals surface area contributed by atoms with Gasteiger partial charge in [-0.2, -0.15) is 0 Å². The van der Waals surface area contributed by atoms with Crippen LogP contribution in [0, 0.1) is 5.92 Å². The smallest absolute Gasteiger partial charge is 0.193 e. The molecule has 0 spiro atoms. The van der Waals surface area contributed by atoms with Gasteiger partial charge in [0.1, 0.15) is 0 Å². The van der Waals surface area contributed by atoms with Gasteiger partial charge in [0, 0.05) is 39.1 Å². The van der Waals surface area contributed by atoms with Crippen LogP contribution in [0.2, 0.25) is 0 Å². The number of nitrogens with zero attached hydrogens (tertiary/aromatic N) is 2. The second-order valence-electron chi connectivity index (χ2n) is 6.15. The number of guanidine groups is 1. The first-order valence-corrected chi connectivity index (χ1v) is 8.48. The molecule has 2 rings (SSSR count). The lowest BCUT2D eigenvalue weighted by Crippen LogP contribution is -2.42. The molecular weight excluding hydrogens is 290 g/mol. The summed E-state index contributed by atoms with van der Waals surface area (Å²) in [5.74, 6) is 1.42. The van der Waals surface area contributed by atoms with Crippen LogP contribution < -0.4 is 5.32 Å². The lowest BCUT2D eigenvalue weighted by atomic mass is 10.1. The highest BCUT2D eigenvalue weighted by Crippen LogP contribution is 2.13. The fourth-order valence-corrected chi connectivity index (χ4v) is 2.81. The van der Waals surface area contributed by atoms with Crippen molar-refractivity contribution in [3.05, 3.63) is 35.9 Å². The number of nitrogens with one attached hydrogen (secondary N) is 1. The van der Waals surface area contributed by atoms with Crippen LogP contribution in [0.3, 0.4) is 0 Å². The van der Waals surface area contributed by atoms with Gasteiger partial charge in [-0.15, -0.1) is 0 Å². The minimum atomic E-state index is -0.464. The molecule has 0 aromatic heterocycles. The van der Waals surface area contributed by atoms with Crippen molar-refractivity contribution in [2.75, 3.05) is 39.9 Å². The molecule has 128 valence electrons. The maximum Gasteiger partial charge on any atom is 0.193 e. The topological polar surface area (TPSA) is 57.1 Å². The lowest BCUT2D eigenvalue weighted by molar-refractivity contribution is 0.179. The Morgan fingerprint density at radius 3 is 2.87 bits per heavy atom. The van der Waals surface area contributed by atoms with E-state index in [1.54, 1.807) is 0 Å². The summed E-state index contributed by atoms with van der Waals surface area (Å²) in [4.78, 5) is 6.73. The molecule has 0 amide bonds. The van der Waals surface area contributed by atoms with E-state index in [-0.39, 0.29) is 0 Å². The van der Waals surface area contributed by atoms with Crippen LogP contribution in [0.4, 0.5) is 0 Å². The fourth-order valence-electron chi connectivity index (χ4n) is 2.81. The van der Waals surface area contributed by atoms with Crippen molar-refractivity contribution in [3.8, 4) is 0 Å². The molecular formula is C18H29N3O2. The second-order valence-corrected chi connectivity index (χ2v) is 6.15. The summed E-state index contributed by atoms with van der Waals surface area (Å²) >= 11 is 0. The summed E-state index contributed by atoms with van der Waals surface area (Å²) in [6.45, 7) is 5.91. The zero-order valence-electron chi connectivity index (χ0n) is 14.2. The van der Waals surface area contributed by atoms with Gasteiger partial charge in [-0.05, 0) is 18.9 Å². The molecule has 0 bridgehead atoms. The largest absolute Gasteiger partial charge is 0.391 e. The van der Waals surface area contributed by atoms with Gasteiger partial charge in [0.05, 0.1) is 19.3 Å². The van der Waals surface area contributed by atoms with Gasteiger partial charge >= 0.3 is 0 Å². The van der Waals surface area contributed by atoms with Crippen LogP contribution in [-0.2, 0) is 11.2 Å². The molecule has 0 saturated carbocycles. The predicted molar refractivity (Wildman–Crippen MR) is 93.7 cm³/mol. The van der Waals surface area contributed by atoms with E-state index < -0.39 is 6.10 Å². The Morgan fingerprint density at radius 1 is 1.43 bits per heavy atom. The fraction of sp³-hybridized carbons (Fsp3) is 0.611. The third-order valence-electron chi connectivity index (χ3n) is 4.02. The number of ether oxygens (including phenoxy) is 1. The minimum absolute atomic E-state index is 0.405. The first-order chi connectivity index (χ1) is 11.2. The number of hydrogen-bond donors (Lipinski definition) is 2. The van der Waals surface area contributed by atoms with Crippen molar-refractivity contribution in [2.24, 2.45) is 10.9 Å². The van der Waals surface area contributed by atoms with Gasteiger partial charge in [0.2, 0.25) is 0 Å². The summed E-state index contributed by atoms with van der Waals surface area (Å²) in [7, 11) is 2.05. The molecule has 1 fully saturated rings. The number of aliphatic hydroxyl groups is 1. The molecule has 1 aliphatic rings. The van der Waals surface area contributed by atoms with Gasteiger partial charge in [-0.3, -0.25) is 4.99 Å². The van der Waals surface area contributed by atoms with Crippen molar-refractivity contribution >= 4 is 5.96 Å². The number of benzene rings is 1. The van der Waals surface area contributed by atoms with E-state index >= 15 is 0 Å². The average Bonchev–Trinajstić information content (AvgIpc) is 3.05. The molecule has 0 radical (unpaired) electrons. The van der Waals surface area contributed by atoms with Crippen LogP contribution in [0.5, 0.6) is 0 Å². The molecule has 2 atom stereocenters. The Hall–Kier alpha value is -1.59. The van der Waals surface area contributed by atoms with Gasteiger partial charge in [0.25, 0.3) is 0 Å². The Kier molecular flexibility index (Phi) is 7.36. The SMILES string of the molecule is CCNC(=NCC(O)Cc1ccccc1)N(C)CC1CCOC1. The summed E-state index contributed by atoms with van der Waals surface area (Å²) < 4.78 is 5.44. The first-order valence-electron chi connectivity index (χ1n) is 8.48. The van der Waals surface area contributed by atoms with Crippen molar-refractivity contribution in [3.63, 3.8) is 0 Å². The van der Waals surface area contributed by atoms with Gasteiger partial charge in [-0.25, -0.2) is 0 Å². The van der Waals surface area contributed by atoms with Crippen LogP contribution in [0.1, 0.15) is 18.9 Å². The molecule has 1 aliphatic heterocycles. The Morgan fingerprint density at radius 2 is 2.22 bits per heavy atom. The Labute approximate surface area is 139 Å². The Balaban J connectivity index is 1.86. The average molecular weight is 319 g/mol. The molecule has 2 N–H and O–H groups in total. The molecule has 5 heteroatoms. The first kappa shape index (κ1) is 17.8. The van der Waals surface area contributed by atoms with Crippen molar-refractivity contribution < 1.29 is 9.84 Å². The zero-order valence-corrected chi connectivity index (χ0v) is 14.2. The summed E-state index contributed by atoms with van der Waals surface area (Å²) in [5, 5.41) is 13.5. The molecule has 1 heterocycles. The zero-order chi connectivity index (χ0) is 16.5. The highest BCUT2D eigenvalue weighted by molar-refractivity contribution is 5.79. The quantitative estimate of drug-likeness (QED) is 0.591. The van der Waals surface area contributed by atoms with E-state index in [0.29, 0.717) is 18.9 Å². The summed E-state index contributed by atoms with van der Waals surface area (Å²) in [5.41, 5.74) is 1.14. The van der Waals surface area contributed by atoms with Crippen molar-refractivity contribution in [1.29, 1.82) is 0 Å². The minimum Gasteiger partial charge on any atom is -0.391 e. The maximum absolute atomic E-state index is 10.2. The highest BCUT2D eigenvalue weighted by atomic mass is 16.5. The van der Waals surface area contributed by atoms with E-state index in [4.69, 9.17) is 4.74 Å². The van der Waals surface area contributed by atoms with Gasteiger partial charge in [-0.1, -0.05) is 30.3 Å². The lowest BCUT2D eigenvalue weighted by Gasteiger charge is -2.24. The normalized spacial score (nSPS) is 19.6. The van der Waals surface area contributed by atoms with Crippen molar-refractivity contribution in [1.82, 2.24) is 10.2 Å². The molecule has 0 aliphatic carbocycles. The van der Waals surface area contributed by atoms with Crippen molar-refractivity contribution in [2.45, 2.75) is 25.9 Å². The number of rotatable bonds is 7. The maximum atomic E-state index is 10.2.